The second-order valence-corrected chi connectivity index (χ2v) is 5.28. The van der Waals surface area contributed by atoms with Gasteiger partial charge in [-0.1, -0.05) is 25.3 Å². The molecule has 18 heavy (non-hydrogen) atoms. The van der Waals surface area contributed by atoms with Crippen LogP contribution < -0.4 is 11.1 Å². The molecule has 2 atom stereocenters. The van der Waals surface area contributed by atoms with Crippen molar-refractivity contribution in [1.82, 2.24) is 5.32 Å². The lowest BCUT2D eigenvalue weighted by Crippen LogP contribution is -2.37. The Morgan fingerprint density at radius 2 is 2.11 bits per heavy atom. The highest BCUT2D eigenvalue weighted by atomic mass is 31.0. The van der Waals surface area contributed by atoms with E-state index in [4.69, 9.17) is 11.1 Å². The fraction of sp³-hybridized carbons (Fsp3) is 0.214. The monoisotopic (exact) mass is 259 g/mol. The number of nitrogens with one attached hydrogen (secondary N) is 2. The van der Waals surface area contributed by atoms with Crippen LogP contribution in [0.2, 0.25) is 0 Å². The summed E-state index contributed by atoms with van der Waals surface area (Å²) in [5.74, 6) is 0.114. The molecule has 4 heteroatoms. The number of nitrogen functional groups attached to an aromatic ring is 1. The number of hydrogen-bond donors (Lipinski definition) is 3. The van der Waals surface area contributed by atoms with Crippen molar-refractivity contribution in [3.63, 3.8) is 0 Å². The van der Waals surface area contributed by atoms with Crippen LogP contribution in [-0.4, -0.2) is 11.9 Å². The van der Waals surface area contributed by atoms with E-state index in [-0.39, 0.29) is 11.9 Å². The molecule has 4 N–H and O–H groups in total. The fourth-order valence-corrected chi connectivity index (χ4v) is 2.35. The average molecular weight is 259 g/mol. The summed E-state index contributed by atoms with van der Waals surface area (Å²) in [5, 5.41) is 11.8. The second-order valence-electron chi connectivity index (χ2n) is 4.59. The standard InChI is InChI=1S/C14H18N3P/c1-8(9(2)18)13-6-10-3-4-11(14(15)16)5-12(10)7-17-13/h3-5,13,17H,1-2,6-7,18H2,(H3,15,16)/t13-/m0/s1. The lowest BCUT2D eigenvalue weighted by molar-refractivity contribution is 0.540. The predicted octanol–water partition coefficient (Wildman–Crippen LogP) is 1.93. The van der Waals surface area contributed by atoms with Gasteiger partial charge in [0, 0.05) is 18.2 Å². The molecule has 0 saturated heterocycles. The lowest BCUT2D eigenvalue weighted by Gasteiger charge is -2.28. The molecule has 1 aromatic rings. The summed E-state index contributed by atoms with van der Waals surface area (Å²) in [6.45, 7) is 8.74. The van der Waals surface area contributed by atoms with Gasteiger partial charge >= 0.3 is 0 Å². The van der Waals surface area contributed by atoms with Gasteiger partial charge in [0.1, 0.15) is 5.84 Å². The molecule has 3 nitrogen and oxygen atoms in total. The first-order chi connectivity index (χ1) is 8.49. The molecule has 0 radical (unpaired) electrons. The van der Waals surface area contributed by atoms with E-state index in [2.05, 4.69) is 33.8 Å². The first-order valence-corrected chi connectivity index (χ1v) is 6.40. The maximum atomic E-state index is 7.45. The van der Waals surface area contributed by atoms with Crippen LogP contribution in [0.4, 0.5) is 0 Å². The Labute approximate surface area is 110 Å². The summed E-state index contributed by atoms with van der Waals surface area (Å²) in [6.07, 6.45) is 0.903. The van der Waals surface area contributed by atoms with Crippen LogP contribution in [0, 0.1) is 5.41 Å². The molecule has 2 rings (SSSR count). The molecular weight excluding hydrogens is 241 g/mol. The van der Waals surface area contributed by atoms with E-state index < -0.39 is 0 Å². The Morgan fingerprint density at radius 1 is 1.39 bits per heavy atom. The lowest BCUT2D eigenvalue weighted by atomic mass is 9.91. The van der Waals surface area contributed by atoms with Crippen molar-refractivity contribution in [3.05, 3.63) is 58.9 Å². The molecule has 0 spiro atoms. The Hall–Kier alpha value is -1.44. The minimum atomic E-state index is 0.114. The van der Waals surface area contributed by atoms with Crippen LogP contribution in [0.3, 0.4) is 0 Å². The zero-order valence-corrected chi connectivity index (χ0v) is 11.4. The Bertz CT molecular complexity index is 534. The number of benzene rings is 1. The van der Waals surface area contributed by atoms with Crippen molar-refractivity contribution in [2.75, 3.05) is 0 Å². The maximum absolute atomic E-state index is 7.45. The van der Waals surface area contributed by atoms with Crippen LogP contribution >= 0.6 is 9.24 Å². The van der Waals surface area contributed by atoms with Gasteiger partial charge < -0.3 is 11.1 Å². The predicted molar refractivity (Wildman–Crippen MR) is 79.8 cm³/mol. The molecule has 0 amide bonds. The fourth-order valence-electron chi connectivity index (χ4n) is 2.15. The molecule has 1 aromatic carbocycles. The molecular formula is C14H18N3P. The third-order valence-electron chi connectivity index (χ3n) is 3.31. The molecule has 0 bridgehead atoms. The van der Waals surface area contributed by atoms with Crippen molar-refractivity contribution in [2.24, 2.45) is 5.73 Å². The highest BCUT2D eigenvalue weighted by molar-refractivity contribution is 7.23. The molecule has 1 aliphatic rings. The van der Waals surface area contributed by atoms with Gasteiger partial charge in [-0.3, -0.25) is 5.41 Å². The molecule has 0 fully saturated rings. The number of nitrogens with two attached hydrogens (primary N) is 1. The van der Waals surface area contributed by atoms with Crippen molar-refractivity contribution in [2.45, 2.75) is 19.0 Å². The smallest absolute Gasteiger partial charge is 0.122 e. The molecule has 0 aliphatic carbocycles. The van der Waals surface area contributed by atoms with E-state index in [9.17, 15) is 0 Å². The summed E-state index contributed by atoms with van der Waals surface area (Å²) >= 11 is 0. The first kappa shape index (κ1) is 13.0. The minimum Gasteiger partial charge on any atom is -0.384 e. The minimum absolute atomic E-state index is 0.114. The highest BCUT2D eigenvalue weighted by Gasteiger charge is 2.20. The van der Waals surface area contributed by atoms with E-state index in [1.807, 2.05) is 12.1 Å². The molecule has 1 heterocycles. The maximum Gasteiger partial charge on any atom is 0.122 e. The summed E-state index contributed by atoms with van der Waals surface area (Å²) < 4.78 is 0. The van der Waals surface area contributed by atoms with Crippen LogP contribution in [-0.2, 0) is 13.0 Å². The SMILES string of the molecule is C=C(P)C(=C)[C@@H]1Cc2ccc(C(=N)N)cc2CN1. The van der Waals surface area contributed by atoms with E-state index in [0.29, 0.717) is 0 Å². The number of amidine groups is 1. The van der Waals surface area contributed by atoms with Gasteiger partial charge in [0.15, 0.2) is 0 Å². The topological polar surface area (TPSA) is 61.9 Å². The summed E-state index contributed by atoms with van der Waals surface area (Å²) in [6, 6.07) is 6.19. The third-order valence-corrected chi connectivity index (χ3v) is 3.68. The van der Waals surface area contributed by atoms with Crippen LogP contribution in [0.1, 0.15) is 16.7 Å². The van der Waals surface area contributed by atoms with Gasteiger partial charge in [0.25, 0.3) is 0 Å². The molecule has 1 aliphatic heterocycles. The molecule has 0 aromatic heterocycles. The van der Waals surface area contributed by atoms with Crippen LogP contribution in [0.5, 0.6) is 0 Å². The van der Waals surface area contributed by atoms with Crippen molar-refractivity contribution in [3.8, 4) is 0 Å². The van der Waals surface area contributed by atoms with Crippen LogP contribution in [0.15, 0.2) is 42.2 Å². The second kappa shape index (κ2) is 5.05. The largest absolute Gasteiger partial charge is 0.384 e. The van der Waals surface area contributed by atoms with Crippen molar-refractivity contribution in [1.29, 1.82) is 5.41 Å². The van der Waals surface area contributed by atoms with Gasteiger partial charge in [-0.25, -0.2) is 0 Å². The first-order valence-electron chi connectivity index (χ1n) is 5.82. The highest BCUT2D eigenvalue weighted by Crippen LogP contribution is 2.25. The summed E-state index contributed by atoms with van der Waals surface area (Å²) in [5.41, 5.74) is 9.80. The van der Waals surface area contributed by atoms with E-state index in [1.54, 1.807) is 0 Å². The van der Waals surface area contributed by atoms with E-state index in [0.717, 1.165) is 29.4 Å². The van der Waals surface area contributed by atoms with Gasteiger partial charge in [0.05, 0.1) is 0 Å². The summed E-state index contributed by atoms with van der Waals surface area (Å²) in [7, 11) is 2.60. The quantitative estimate of drug-likeness (QED) is 0.336. The van der Waals surface area contributed by atoms with Gasteiger partial charge in [-0.05, 0) is 34.5 Å². The number of fused-ring (bicyclic) bond motifs is 1. The Kier molecular flexibility index (Phi) is 3.65. The van der Waals surface area contributed by atoms with Gasteiger partial charge in [0.2, 0.25) is 0 Å². The number of rotatable bonds is 3. The molecule has 94 valence electrons. The molecule has 1 unspecified atom stereocenters. The van der Waals surface area contributed by atoms with E-state index in [1.165, 1.54) is 11.1 Å². The zero-order chi connectivity index (χ0) is 13.3. The third kappa shape index (κ3) is 2.53. The van der Waals surface area contributed by atoms with Gasteiger partial charge in [-0.2, -0.15) is 0 Å². The summed E-state index contributed by atoms with van der Waals surface area (Å²) in [4.78, 5) is 0. The zero-order valence-electron chi connectivity index (χ0n) is 10.3. The number of hydrogen-bond acceptors (Lipinski definition) is 2. The Balaban J connectivity index is 2.23. The Morgan fingerprint density at radius 3 is 2.72 bits per heavy atom. The van der Waals surface area contributed by atoms with E-state index >= 15 is 0 Å². The normalized spacial score (nSPS) is 17.9. The average Bonchev–Trinajstić information content (AvgIpc) is 2.36. The van der Waals surface area contributed by atoms with Crippen molar-refractivity contribution < 1.29 is 0 Å². The molecule has 0 saturated carbocycles. The van der Waals surface area contributed by atoms with Crippen LogP contribution in [0.25, 0.3) is 0 Å². The van der Waals surface area contributed by atoms with Crippen molar-refractivity contribution >= 4 is 15.1 Å². The van der Waals surface area contributed by atoms with Gasteiger partial charge in [-0.15, -0.1) is 9.24 Å².